The van der Waals surface area contributed by atoms with Crippen LogP contribution in [0.3, 0.4) is 0 Å². The summed E-state index contributed by atoms with van der Waals surface area (Å²) in [5.41, 5.74) is -0.122. The molecule has 1 saturated carbocycles. The zero-order valence-electron chi connectivity index (χ0n) is 9.24. The topological polar surface area (TPSA) is 75.6 Å². The standard InChI is InChI=1S/C10H17NO4/c1-10(2)6(4-7(10)15-3)11-8(12)5-9(13)14/h6-7H,4-5H2,1-3H3,(H,11,12)(H,13,14). The highest BCUT2D eigenvalue weighted by Crippen LogP contribution is 2.42. The summed E-state index contributed by atoms with van der Waals surface area (Å²) < 4.78 is 5.23. The third kappa shape index (κ3) is 2.47. The van der Waals surface area contributed by atoms with Crippen molar-refractivity contribution in [2.24, 2.45) is 5.41 Å². The summed E-state index contributed by atoms with van der Waals surface area (Å²) in [6, 6.07) is 0.00861. The van der Waals surface area contributed by atoms with Crippen molar-refractivity contribution >= 4 is 11.9 Å². The third-order valence-corrected chi connectivity index (χ3v) is 3.11. The summed E-state index contributed by atoms with van der Waals surface area (Å²) in [4.78, 5) is 21.5. The number of hydrogen-bond acceptors (Lipinski definition) is 3. The molecule has 2 atom stereocenters. The number of carbonyl (C=O) groups excluding carboxylic acids is 1. The minimum atomic E-state index is -1.10. The number of carbonyl (C=O) groups is 2. The summed E-state index contributed by atoms with van der Waals surface area (Å²) in [7, 11) is 1.64. The van der Waals surface area contributed by atoms with Gasteiger partial charge in [0.05, 0.1) is 6.10 Å². The van der Waals surface area contributed by atoms with Crippen molar-refractivity contribution < 1.29 is 19.4 Å². The Bertz CT molecular complexity index is 275. The van der Waals surface area contributed by atoms with Crippen molar-refractivity contribution in [2.75, 3.05) is 7.11 Å². The van der Waals surface area contributed by atoms with Gasteiger partial charge in [-0.05, 0) is 6.42 Å². The molecule has 0 bridgehead atoms. The molecule has 0 radical (unpaired) electrons. The smallest absolute Gasteiger partial charge is 0.312 e. The molecule has 0 heterocycles. The number of aliphatic carboxylic acids is 1. The molecule has 0 aromatic heterocycles. The van der Waals surface area contributed by atoms with Crippen molar-refractivity contribution in [3.05, 3.63) is 0 Å². The summed E-state index contributed by atoms with van der Waals surface area (Å²) in [5.74, 6) is -1.54. The van der Waals surface area contributed by atoms with E-state index >= 15 is 0 Å². The van der Waals surface area contributed by atoms with E-state index in [1.54, 1.807) is 7.11 Å². The van der Waals surface area contributed by atoms with E-state index in [0.717, 1.165) is 6.42 Å². The second-order valence-corrected chi connectivity index (χ2v) is 4.47. The molecule has 5 nitrogen and oxygen atoms in total. The van der Waals surface area contributed by atoms with Crippen molar-refractivity contribution in [2.45, 2.75) is 38.8 Å². The molecule has 1 aliphatic rings. The SMILES string of the molecule is COC1CC(NC(=O)CC(=O)O)C1(C)C. The Labute approximate surface area is 88.8 Å². The van der Waals surface area contributed by atoms with Gasteiger partial charge in [-0.3, -0.25) is 9.59 Å². The zero-order valence-corrected chi connectivity index (χ0v) is 9.24. The maximum Gasteiger partial charge on any atom is 0.312 e. The fourth-order valence-corrected chi connectivity index (χ4v) is 1.91. The van der Waals surface area contributed by atoms with Crippen LogP contribution in [0.5, 0.6) is 0 Å². The van der Waals surface area contributed by atoms with Crippen LogP contribution in [0.25, 0.3) is 0 Å². The van der Waals surface area contributed by atoms with Crippen LogP contribution < -0.4 is 5.32 Å². The Hall–Kier alpha value is -1.10. The summed E-state index contributed by atoms with van der Waals surface area (Å²) in [6.45, 7) is 3.99. The molecule has 0 saturated heterocycles. The fourth-order valence-electron chi connectivity index (χ4n) is 1.91. The maximum absolute atomic E-state index is 11.2. The van der Waals surface area contributed by atoms with E-state index in [-0.39, 0.29) is 17.6 Å². The van der Waals surface area contributed by atoms with Crippen LogP contribution in [0.1, 0.15) is 26.7 Å². The molecule has 0 aromatic rings. The van der Waals surface area contributed by atoms with E-state index in [0.29, 0.717) is 0 Å². The summed E-state index contributed by atoms with van der Waals surface area (Å²) in [6.07, 6.45) is 0.409. The molecule has 5 heteroatoms. The number of carboxylic acid groups (broad SMARTS) is 1. The lowest BCUT2D eigenvalue weighted by Gasteiger charge is -2.51. The Kier molecular flexibility index (Phi) is 3.34. The van der Waals surface area contributed by atoms with E-state index in [1.807, 2.05) is 13.8 Å². The van der Waals surface area contributed by atoms with Crippen LogP contribution in [-0.2, 0) is 14.3 Å². The largest absolute Gasteiger partial charge is 0.481 e. The van der Waals surface area contributed by atoms with E-state index in [4.69, 9.17) is 9.84 Å². The average molecular weight is 215 g/mol. The molecule has 0 aliphatic heterocycles. The molecule has 15 heavy (non-hydrogen) atoms. The van der Waals surface area contributed by atoms with Gasteiger partial charge in [-0.25, -0.2) is 0 Å². The van der Waals surface area contributed by atoms with Crippen LogP contribution >= 0.6 is 0 Å². The van der Waals surface area contributed by atoms with Gasteiger partial charge < -0.3 is 15.2 Å². The number of nitrogens with one attached hydrogen (secondary N) is 1. The van der Waals surface area contributed by atoms with E-state index in [2.05, 4.69) is 5.32 Å². The fraction of sp³-hybridized carbons (Fsp3) is 0.800. The van der Waals surface area contributed by atoms with Gasteiger partial charge in [0.15, 0.2) is 0 Å². The quantitative estimate of drug-likeness (QED) is 0.665. The van der Waals surface area contributed by atoms with Crippen molar-refractivity contribution in [3.63, 3.8) is 0 Å². The molecular weight excluding hydrogens is 198 g/mol. The second kappa shape index (κ2) is 4.18. The molecule has 2 unspecified atom stereocenters. The molecule has 1 rings (SSSR count). The van der Waals surface area contributed by atoms with Crippen LogP contribution in [0.2, 0.25) is 0 Å². The lowest BCUT2D eigenvalue weighted by molar-refractivity contribution is -0.143. The van der Waals surface area contributed by atoms with Gasteiger partial charge in [-0.15, -0.1) is 0 Å². The normalized spacial score (nSPS) is 27.9. The lowest BCUT2D eigenvalue weighted by atomic mass is 9.64. The van der Waals surface area contributed by atoms with Gasteiger partial charge in [0, 0.05) is 18.6 Å². The summed E-state index contributed by atoms with van der Waals surface area (Å²) >= 11 is 0. The Morgan fingerprint density at radius 1 is 1.53 bits per heavy atom. The van der Waals surface area contributed by atoms with Gasteiger partial charge in [0.1, 0.15) is 6.42 Å². The number of carboxylic acids is 1. The minimum Gasteiger partial charge on any atom is -0.481 e. The highest BCUT2D eigenvalue weighted by molar-refractivity contribution is 5.93. The zero-order chi connectivity index (χ0) is 11.6. The third-order valence-electron chi connectivity index (χ3n) is 3.11. The van der Waals surface area contributed by atoms with Gasteiger partial charge in [-0.2, -0.15) is 0 Å². The first-order valence-corrected chi connectivity index (χ1v) is 4.92. The number of rotatable bonds is 4. The first kappa shape index (κ1) is 12.0. The van der Waals surface area contributed by atoms with E-state index < -0.39 is 18.3 Å². The van der Waals surface area contributed by atoms with Gasteiger partial charge >= 0.3 is 5.97 Å². The van der Waals surface area contributed by atoms with E-state index in [9.17, 15) is 9.59 Å². The molecular formula is C10H17NO4. The molecule has 1 aliphatic carbocycles. The number of ether oxygens (including phenoxy) is 1. The van der Waals surface area contributed by atoms with Crippen LogP contribution in [-0.4, -0.2) is 36.2 Å². The van der Waals surface area contributed by atoms with Gasteiger partial charge in [0.25, 0.3) is 0 Å². The number of amides is 1. The Morgan fingerprint density at radius 2 is 2.13 bits per heavy atom. The maximum atomic E-state index is 11.2. The van der Waals surface area contributed by atoms with Crippen molar-refractivity contribution in [3.8, 4) is 0 Å². The Morgan fingerprint density at radius 3 is 2.53 bits per heavy atom. The number of hydrogen-bond donors (Lipinski definition) is 2. The molecule has 0 aromatic carbocycles. The first-order valence-electron chi connectivity index (χ1n) is 4.92. The second-order valence-electron chi connectivity index (χ2n) is 4.47. The highest BCUT2D eigenvalue weighted by Gasteiger charge is 2.49. The lowest BCUT2D eigenvalue weighted by Crippen LogP contribution is -2.61. The first-order chi connectivity index (χ1) is 6.87. The summed E-state index contributed by atoms with van der Waals surface area (Å²) in [5, 5.41) is 11.1. The average Bonchev–Trinajstić information content (AvgIpc) is 2.10. The van der Waals surface area contributed by atoms with Crippen LogP contribution in [0.4, 0.5) is 0 Å². The molecule has 1 fully saturated rings. The van der Waals surface area contributed by atoms with E-state index in [1.165, 1.54) is 0 Å². The van der Waals surface area contributed by atoms with Crippen molar-refractivity contribution in [1.29, 1.82) is 0 Å². The monoisotopic (exact) mass is 215 g/mol. The molecule has 1 amide bonds. The molecule has 0 spiro atoms. The highest BCUT2D eigenvalue weighted by atomic mass is 16.5. The number of methoxy groups -OCH3 is 1. The van der Waals surface area contributed by atoms with Gasteiger partial charge in [-0.1, -0.05) is 13.8 Å². The predicted octanol–water partition coefficient (Wildman–Crippen LogP) is 0.391. The Balaban J connectivity index is 2.42. The van der Waals surface area contributed by atoms with Crippen LogP contribution in [0, 0.1) is 5.41 Å². The molecule has 86 valence electrons. The minimum absolute atomic E-state index is 0.00861. The predicted molar refractivity (Wildman–Crippen MR) is 53.4 cm³/mol. The van der Waals surface area contributed by atoms with Crippen molar-refractivity contribution in [1.82, 2.24) is 5.32 Å². The van der Waals surface area contributed by atoms with Gasteiger partial charge in [0.2, 0.25) is 5.91 Å². The van der Waals surface area contributed by atoms with Crippen LogP contribution in [0.15, 0.2) is 0 Å². The molecule has 2 N–H and O–H groups in total.